The molecule has 1 N–H and O–H groups in total. The third kappa shape index (κ3) is 3.83. The van der Waals surface area contributed by atoms with Crippen LogP contribution in [0.3, 0.4) is 0 Å². The van der Waals surface area contributed by atoms with Crippen molar-refractivity contribution in [3.63, 3.8) is 0 Å². The lowest BCUT2D eigenvalue weighted by Gasteiger charge is -2.50. The quantitative estimate of drug-likeness (QED) is 0.680. The molecule has 4 unspecified atom stereocenters. The smallest absolute Gasteiger partial charge is 0.120 e. The molecule has 4 atom stereocenters. The van der Waals surface area contributed by atoms with E-state index in [-0.39, 0.29) is 0 Å². The van der Waals surface area contributed by atoms with E-state index in [1.54, 1.807) is 0 Å². The topological polar surface area (TPSA) is 23.5 Å². The van der Waals surface area contributed by atoms with Crippen LogP contribution in [0.5, 0.6) is 5.75 Å². The van der Waals surface area contributed by atoms with Crippen molar-refractivity contribution in [1.29, 1.82) is 0 Å². The fraction of sp³-hybridized carbons (Fsp3) is 0.714. The zero-order valence-corrected chi connectivity index (χ0v) is 17.0. The minimum Gasteiger partial charge on any atom is -0.508 e. The van der Waals surface area contributed by atoms with Gasteiger partial charge in [0.2, 0.25) is 0 Å². The van der Waals surface area contributed by atoms with E-state index in [9.17, 15) is 5.11 Å². The second-order valence-corrected chi connectivity index (χ2v) is 9.42. The molecule has 2 saturated carbocycles. The SMILES string of the molecule is CCN(Cc1cc(Br)ccc1O)C12CCC(C)CC(CC(C)C1)C2. The van der Waals surface area contributed by atoms with Crippen LogP contribution >= 0.6 is 15.9 Å². The first-order valence-corrected chi connectivity index (χ1v) is 10.4. The Bertz CT molecular complexity index is 575. The van der Waals surface area contributed by atoms with Crippen molar-refractivity contribution in [3.8, 4) is 5.75 Å². The van der Waals surface area contributed by atoms with Crippen LogP contribution in [0.25, 0.3) is 0 Å². The van der Waals surface area contributed by atoms with E-state index in [0.29, 0.717) is 11.3 Å². The molecule has 0 amide bonds. The van der Waals surface area contributed by atoms with Gasteiger partial charge in [-0.3, -0.25) is 4.90 Å². The van der Waals surface area contributed by atoms with E-state index in [1.165, 1.54) is 38.5 Å². The first-order valence-electron chi connectivity index (χ1n) is 9.64. The summed E-state index contributed by atoms with van der Waals surface area (Å²) in [6.07, 6.45) is 8.16. The van der Waals surface area contributed by atoms with Crippen molar-refractivity contribution >= 4 is 15.9 Å². The number of hydrogen-bond donors (Lipinski definition) is 1. The molecule has 0 radical (unpaired) electrons. The number of phenols is 1. The van der Waals surface area contributed by atoms with Gasteiger partial charge < -0.3 is 5.11 Å². The molecule has 134 valence electrons. The van der Waals surface area contributed by atoms with Crippen molar-refractivity contribution in [1.82, 2.24) is 4.90 Å². The summed E-state index contributed by atoms with van der Waals surface area (Å²) in [4.78, 5) is 2.68. The van der Waals surface area contributed by atoms with Crippen molar-refractivity contribution in [2.75, 3.05) is 6.54 Å². The second kappa shape index (κ2) is 7.37. The Morgan fingerprint density at radius 3 is 2.71 bits per heavy atom. The molecular weight excluding hydrogens is 362 g/mol. The number of phenolic OH excluding ortho intramolecular Hbond substituents is 1. The highest BCUT2D eigenvalue weighted by atomic mass is 79.9. The summed E-state index contributed by atoms with van der Waals surface area (Å²) in [6.45, 7) is 9.08. The van der Waals surface area contributed by atoms with Crippen molar-refractivity contribution in [2.45, 2.75) is 71.4 Å². The first kappa shape index (κ1) is 18.3. The molecule has 0 saturated heterocycles. The van der Waals surface area contributed by atoms with Gasteiger partial charge in [-0.25, -0.2) is 0 Å². The maximum absolute atomic E-state index is 10.3. The molecule has 0 aromatic heterocycles. The van der Waals surface area contributed by atoms with E-state index >= 15 is 0 Å². The summed E-state index contributed by atoms with van der Waals surface area (Å²) >= 11 is 3.56. The van der Waals surface area contributed by atoms with Crippen molar-refractivity contribution in [3.05, 3.63) is 28.2 Å². The average Bonchev–Trinajstić information content (AvgIpc) is 2.64. The van der Waals surface area contributed by atoms with Gasteiger partial charge in [-0.1, -0.05) is 36.7 Å². The zero-order chi connectivity index (χ0) is 17.3. The van der Waals surface area contributed by atoms with E-state index < -0.39 is 0 Å². The molecule has 0 spiro atoms. The number of nitrogens with zero attached hydrogens (tertiary/aromatic N) is 1. The predicted molar refractivity (Wildman–Crippen MR) is 104 cm³/mol. The predicted octanol–water partition coefficient (Wildman–Crippen LogP) is 5.97. The molecule has 2 fully saturated rings. The van der Waals surface area contributed by atoms with Gasteiger partial charge in [-0.15, -0.1) is 0 Å². The lowest BCUT2D eigenvalue weighted by molar-refractivity contribution is 0.00666. The highest BCUT2D eigenvalue weighted by Crippen LogP contribution is 2.48. The third-order valence-electron chi connectivity index (χ3n) is 6.43. The molecule has 0 aliphatic heterocycles. The van der Waals surface area contributed by atoms with Crippen LogP contribution in [-0.2, 0) is 6.54 Å². The molecule has 3 rings (SSSR count). The number of fused-ring (bicyclic) bond motifs is 2. The molecular formula is C21H32BrNO. The van der Waals surface area contributed by atoms with Gasteiger partial charge in [0, 0.05) is 22.1 Å². The van der Waals surface area contributed by atoms with E-state index in [2.05, 4.69) is 47.7 Å². The summed E-state index contributed by atoms with van der Waals surface area (Å²) in [5.74, 6) is 2.99. The van der Waals surface area contributed by atoms with E-state index in [4.69, 9.17) is 0 Å². The molecule has 1 aromatic rings. The van der Waals surface area contributed by atoms with Crippen molar-refractivity contribution in [2.24, 2.45) is 17.8 Å². The number of benzene rings is 1. The van der Waals surface area contributed by atoms with Gasteiger partial charge in [0.1, 0.15) is 5.75 Å². The Labute approximate surface area is 155 Å². The van der Waals surface area contributed by atoms with E-state index in [1.807, 2.05) is 12.1 Å². The maximum Gasteiger partial charge on any atom is 0.120 e. The van der Waals surface area contributed by atoms with Gasteiger partial charge in [0.05, 0.1) is 0 Å². The third-order valence-corrected chi connectivity index (χ3v) is 6.92. The van der Waals surface area contributed by atoms with Crippen LogP contribution in [0.1, 0.15) is 64.9 Å². The molecule has 1 aromatic carbocycles. The summed E-state index contributed by atoms with van der Waals surface area (Å²) in [6, 6.07) is 5.81. The van der Waals surface area contributed by atoms with Crippen LogP contribution < -0.4 is 0 Å². The molecule has 24 heavy (non-hydrogen) atoms. The zero-order valence-electron chi connectivity index (χ0n) is 15.4. The lowest BCUT2D eigenvalue weighted by Crippen LogP contribution is -2.52. The first-order chi connectivity index (χ1) is 11.4. The summed E-state index contributed by atoms with van der Waals surface area (Å²) in [5, 5.41) is 10.3. The Balaban J connectivity index is 1.88. The molecule has 2 bridgehead atoms. The number of halogens is 1. The fourth-order valence-corrected chi connectivity index (χ4v) is 5.92. The van der Waals surface area contributed by atoms with Gasteiger partial charge in [0.15, 0.2) is 0 Å². The summed E-state index contributed by atoms with van der Waals surface area (Å²) in [5.41, 5.74) is 1.38. The summed E-state index contributed by atoms with van der Waals surface area (Å²) < 4.78 is 1.05. The van der Waals surface area contributed by atoms with Gasteiger partial charge in [-0.2, -0.15) is 0 Å². The van der Waals surface area contributed by atoms with Crippen LogP contribution in [0, 0.1) is 17.8 Å². The Morgan fingerprint density at radius 2 is 1.96 bits per heavy atom. The van der Waals surface area contributed by atoms with Crippen molar-refractivity contribution < 1.29 is 5.11 Å². The van der Waals surface area contributed by atoms with Crippen LogP contribution in [0.4, 0.5) is 0 Å². The maximum atomic E-state index is 10.3. The monoisotopic (exact) mass is 393 g/mol. The fourth-order valence-electron chi connectivity index (χ4n) is 5.51. The highest BCUT2D eigenvalue weighted by Gasteiger charge is 2.45. The average molecular weight is 394 g/mol. The lowest BCUT2D eigenvalue weighted by atomic mass is 9.69. The van der Waals surface area contributed by atoms with Crippen LogP contribution in [0.2, 0.25) is 0 Å². The second-order valence-electron chi connectivity index (χ2n) is 8.51. The standard InChI is InChI=1S/C21H32BrNO/c1-4-23(14-18-11-19(22)5-6-20(18)24)21-8-7-15(2)9-17(13-21)10-16(3)12-21/h5-6,11,15-17,24H,4,7-10,12-14H2,1-3H3. The van der Waals surface area contributed by atoms with Gasteiger partial charge >= 0.3 is 0 Å². The molecule has 2 nitrogen and oxygen atoms in total. The summed E-state index contributed by atoms with van der Waals surface area (Å²) in [7, 11) is 0. The molecule has 2 aliphatic carbocycles. The van der Waals surface area contributed by atoms with Gasteiger partial charge in [-0.05, 0) is 81.0 Å². The Kier molecular flexibility index (Phi) is 5.61. The Hall–Kier alpha value is -0.540. The number of hydrogen-bond acceptors (Lipinski definition) is 2. The highest BCUT2D eigenvalue weighted by molar-refractivity contribution is 9.10. The van der Waals surface area contributed by atoms with Crippen LogP contribution in [0.15, 0.2) is 22.7 Å². The Morgan fingerprint density at radius 1 is 1.21 bits per heavy atom. The minimum atomic E-state index is 0.330. The van der Waals surface area contributed by atoms with Crippen LogP contribution in [-0.4, -0.2) is 22.1 Å². The largest absolute Gasteiger partial charge is 0.508 e. The molecule has 2 aliphatic rings. The normalized spacial score (nSPS) is 33.5. The van der Waals surface area contributed by atoms with E-state index in [0.717, 1.165) is 40.9 Å². The number of rotatable bonds is 4. The minimum absolute atomic E-state index is 0.330. The molecule has 3 heteroatoms. The molecule has 0 heterocycles. The van der Waals surface area contributed by atoms with Gasteiger partial charge in [0.25, 0.3) is 0 Å². The number of aromatic hydroxyl groups is 1.